The third kappa shape index (κ3) is 4.00. The molecule has 0 aliphatic rings. The van der Waals surface area contributed by atoms with Crippen molar-refractivity contribution in [2.75, 3.05) is 6.54 Å². The molecule has 1 atom stereocenters. The SMILES string of the molecule is CC(=O)C(C)CC[N+](=O)[O-]. The van der Waals surface area contributed by atoms with E-state index in [0.29, 0.717) is 6.42 Å². The highest BCUT2D eigenvalue weighted by atomic mass is 16.6. The highest BCUT2D eigenvalue weighted by Crippen LogP contribution is 2.01. The van der Waals surface area contributed by atoms with Gasteiger partial charge in [-0.05, 0) is 6.92 Å². The number of nitrogens with zero attached hydrogens (tertiary/aromatic N) is 1. The third-order valence-electron chi connectivity index (χ3n) is 1.44. The normalized spacial score (nSPS) is 12.6. The first-order chi connectivity index (χ1) is 4.54. The summed E-state index contributed by atoms with van der Waals surface area (Å²) in [5, 5.41) is 9.82. The number of hydrogen-bond acceptors (Lipinski definition) is 3. The number of rotatable bonds is 4. The molecular weight excluding hydrogens is 134 g/mol. The van der Waals surface area contributed by atoms with Crippen LogP contribution < -0.4 is 0 Å². The van der Waals surface area contributed by atoms with Crippen LogP contribution >= 0.6 is 0 Å². The Balaban J connectivity index is 3.49. The molecule has 0 saturated heterocycles. The van der Waals surface area contributed by atoms with Crippen LogP contribution in [0.15, 0.2) is 0 Å². The molecule has 0 aromatic rings. The maximum absolute atomic E-state index is 10.5. The van der Waals surface area contributed by atoms with Crippen LogP contribution in [-0.2, 0) is 4.79 Å². The molecule has 0 aliphatic heterocycles. The lowest BCUT2D eigenvalue weighted by molar-refractivity contribution is -0.481. The second-order valence-electron chi connectivity index (χ2n) is 2.36. The lowest BCUT2D eigenvalue weighted by Gasteiger charge is -2.01. The molecule has 4 heteroatoms. The fourth-order valence-electron chi connectivity index (χ4n) is 0.502. The number of carbonyl (C=O) groups excluding carboxylic acids is 1. The summed E-state index contributed by atoms with van der Waals surface area (Å²) in [6, 6.07) is 0. The zero-order valence-corrected chi connectivity index (χ0v) is 6.16. The molecule has 0 radical (unpaired) electrons. The van der Waals surface area contributed by atoms with Gasteiger partial charge in [-0.3, -0.25) is 14.9 Å². The summed E-state index contributed by atoms with van der Waals surface area (Å²) in [4.78, 5) is 20.0. The summed E-state index contributed by atoms with van der Waals surface area (Å²) in [7, 11) is 0. The van der Waals surface area contributed by atoms with Crippen molar-refractivity contribution in [3.63, 3.8) is 0 Å². The summed E-state index contributed by atoms with van der Waals surface area (Å²) in [5.74, 6) is -0.160. The summed E-state index contributed by atoms with van der Waals surface area (Å²) < 4.78 is 0. The van der Waals surface area contributed by atoms with Crippen LogP contribution in [0.25, 0.3) is 0 Å². The standard InChI is InChI=1S/C6H11NO3/c1-5(6(2)8)3-4-7(9)10/h5H,3-4H2,1-2H3. The maximum atomic E-state index is 10.5. The van der Waals surface area contributed by atoms with Gasteiger partial charge in [0.25, 0.3) is 0 Å². The van der Waals surface area contributed by atoms with Gasteiger partial charge in [0.2, 0.25) is 6.54 Å². The summed E-state index contributed by atoms with van der Waals surface area (Å²) in [5.41, 5.74) is 0. The van der Waals surface area contributed by atoms with Crippen molar-refractivity contribution in [1.82, 2.24) is 0 Å². The Morgan fingerprint density at radius 1 is 1.70 bits per heavy atom. The summed E-state index contributed by atoms with van der Waals surface area (Å²) in [6.07, 6.45) is 0.350. The average Bonchev–Trinajstić information content (AvgIpc) is 1.82. The first-order valence-corrected chi connectivity index (χ1v) is 3.16. The van der Waals surface area contributed by atoms with E-state index in [0.717, 1.165) is 0 Å². The Morgan fingerprint density at radius 2 is 2.20 bits per heavy atom. The molecule has 58 valence electrons. The molecule has 0 heterocycles. The van der Waals surface area contributed by atoms with Crippen molar-refractivity contribution in [2.24, 2.45) is 5.92 Å². The highest BCUT2D eigenvalue weighted by Gasteiger charge is 2.09. The van der Waals surface area contributed by atoms with Crippen LogP contribution in [0.3, 0.4) is 0 Å². The Morgan fingerprint density at radius 3 is 2.50 bits per heavy atom. The minimum atomic E-state index is -0.403. The fourth-order valence-corrected chi connectivity index (χ4v) is 0.502. The Kier molecular flexibility index (Phi) is 3.61. The predicted molar refractivity (Wildman–Crippen MR) is 36.3 cm³/mol. The van der Waals surface area contributed by atoms with Gasteiger partial charge < -0.3 is 0 Å². The van der Waals surface area contributed by atoms with Crippen LogP contribution in [0.2, 0.25) is 0 Å². The van der Waals surface area contributed by atoms with Gasteiger partial charge in [0, 0.05) is 17.3 Å². The van der Waals surface area contributed by atoms with Gasteiger partial charge in [0.05, 0.1) is 0 Å². The fraction of sp³-hybridized carbons (Fsp3) is 0.833. The minimum Gasteiger partial charge on any atom is -0.300 e. The molecule has 0 aromatic heterocycles. The van der Waals surface area contributed by atoms with Crippen LogP contribution in [0.1, 0.15) is 20.3 Å². The highest BCUT2D eigenvalue weighted by molar-refractivity contribution is 5.77. The minimum absolute atomic E-state index is 0.0156. The van der Waals surface area contributed by atoms with E-state index in [1.165, 1.54) is 6.92 Å². The molecule has 0 bridgehead atoms. The zero-order valence-electron chi connectivity index (χ0n) is 6.16. The number of ketones is 1. The first-order valence-electron chi connectivity index (χ1n) is 3.16. The Hall–Kier alpha value is -0.930. The Labute approximate surface area is 59.4 Å². The molecule has 0 aromatic carbocycles. The number of nitro groups is 1. The summed E-state index contributed by atoms with van der Waals surface area (Å²) >= 11 is 0. The maximum Gasteiger partial charge on any atom is 0.204 e. The molecule has 0 spiro atoms. The molecule has 0 aliphatic carbocycles. The van der Waals surface area contributed by atoms with E-state index in [2.05, 4.69) is 0 Å². The lowest BCUT2D eigenvalue weighted by Crippen LogP contribution is -2.12. The van der Waals surface area contributed by atoms with Crippen LogP contribution in [0.4, 0.5) is 0 Å². The topological polar surface area (TPSA) is 60.2 Å². The molecule has 10 heavy (non-hydrogen) atoms. The quantitative estimate of drug-likeness (QED) is 0.435. The van der Waals surface area contributed by atoms with Crippen LogP contribution in [-0.4, -0.2) is 17.3 Å². The van der Waals surface area contributed by atoms with E-state index in [9.17, 15) is 14.9 Å². The predicted octanol–water partition coefficient (Wildman–Crippen LogP) is 0.878. The van der Waals surface area contributed by atoms with Crippen molar-refractivity contribution in [1.29, 1.82) is 0 Å². The number of hydrogen-bond donors (Lipinski definition) is 0. The molecule has 0 N–H and O–H groups in total. The van der Waals surface area contributed by atoms with Gasteiger partial charge >= 0.3 is 0 Å². The van der Waals surface area contributed by atoms with Gasteiger partial charge in [-0.25, -0.2) is 0 Å². The summed E-state index contributed by atoms with van der Waals surface area (Å²) in [6.45, 7) is 3.04. The Bertz CT molecular complexity index is 144. The molecule has 0 fully saturated rings. The van der Waals surface area contributed by atoms with E-state index >= 15 is 0 Å². The van der Waals surface area contributed by atoms with E-state index in [-0.39, 0.29) is 18.2 Å². The second kappa shape index (κ2) is 3.98. The molecule has 0 amide bonds. The van der Waals surface area contributed by atoms with Gasteiger partial charge in [-0.1, -0.05) is 6.92 Å². The van der Waals surface area contributed by atoms with Crippen molar-refractivity contribution in [3.8, 4) is 0 Å². The number of carbonyl (C=O) groups is 1. The monoisotopic (exact) mass is 145 g/mol. The van der Waals surface area contributed by atoms with Gasteiger partial charge in [-0.2, -0.15) is 0 Å². The van der Waals surface area contributed by atoms with E-state index < -0.39 is 4.92 Å². The van der Waals surface area contributed by atoms with Crippen molar-refractivity contribution >= 4 is 5.78 Å². The van der Waals surface area contributed by atoms with Gasteiger partial charge in [-0.15, -0.1) is 0 Å². The van der Waals surface area contributed by atoms with Gasteiger partial charge in [0.1, 0.15) is 5.78 Å². The molecule has 1 unspecified atom stereocenters. The molecule has 4 nitrogen and oxygen atoms in total. The average molecular weight is 145 g/mol. The van der Waals surface area contributed by atoms with Crippen molar-refractivity contribution in [2.45, 2.75) is 20.3 Å². The van der Waals surface area contributed by atoms with E-state index in [1.807, 2.05) is 0 Å². The zero-order chi connectivity index (χ0) is 8.15. The second-order valence-corrected chi connectivity index (χ2v) is 2.36. The van der Waals surface area contributed by atoms with E-state index in [1.54, 1.807) is 6.92 Å². The third-order valence-corrected chi connectivity index (χ3v) is 1.44. The van der Waals surface area contributed by atoms with Crippen LogP contribution in [0.5, 0.6) is 0 Å². The van der Waals surface area contributed by atoms with Crippen molar-refractivity contribution in [3.05, 3.63) is 10.1 Å². The van der Waals surface area contributed by atoms with Crippen LogP contribution in [0, 0.1) is 16.0 Å². The first kappa shape index (κ1) is 9.07. The largest absolute Gasteiger partial charge is 0.300 e. The number of Topliss-reactive ketones (excluding diaryl/α,β-unsaturated/α-hetero) is 1. The molecule has 0 saturated carbocycles. The van der Waals surface area contributed by atoms with Crippen molar-refractivity contribution < 1.29 is 9.72 Å². The lowest BCUT2D eigenvalue weighted by atomic mass is 10.0. The smallest absolute Gasteiger partial charge is 0.204 e. The molecular formula is C6H11NO3. The van der Waals surface area contributed by atoms with E-state index in [4.69, 9.17) is 0 Å². The molecule has 0 rings (SSSR count). The van der Waals surface area contributed by atoms with Gasteiger partial charge in [0.15, 0.2) is 0 Å².